The van der Waals surface area contributed by atoms with Gasteiger partial charge in [-0.05, 0) is 49.4 Å². The summed E-state index contributed by atoms with van der Waals surface area (Å²) in [6.45, 7) is 4.13. The van der Waals surface area contributed by atoms with Gasteiger partial charge in [0, 0.05) is 17.3 Å². The maximum Gasteiger partial charge on any atom is 0.179 e. The Kier molecular flexibility index (Phi) is 2.44. The van der Waals surface area contributed by atoms with Gasteiger partial charge in [0.1, 0.15) is 5.75 Å². The van der Waals surface area contributed by atoms with Crippen molar-refractivity contribution in [1.82, 2.24) is 4.98 Å². The molecule has 1 N–H and O–H groups in total. The standard InChI is InChI=1S/C15H17NO2/c1-8-9(2)14-11(7-13(8)18-3)10-5-4-6-12(17)15(10)16-14/h7,16H,4-6H2,1-3H3. The third kappa shape index (κ3) is 1.40. The van der Waals surface area contributed by atoms with Gasteiger partial charge in [0.2, 0.25) is 0 Å². The van der Waals surface area contributed by atoms with Crippen LogP contribution in [0.3, 0.4) is 0 Å². The lowest BCUT2D eigenvalue weighted by molar-refractivity contribution is 0.0968. The predicted molar refractivity (Wildman–Crippen MR) is 71.6 cm³/mol. The van der Waals surface area contributed by atoms with Crippen molar-refractivity contribution in [2.45, 2.75) is 33.1 Å². The number of benzene rings is 1. The van der Waals surface area contributed by atoms with Gasteiger partial charge in [-0.3, -0.25) is 4.79 Å². The number of methoxy groups -OCH3 is 1. The van der Waals surface area contributed by atoms with Crippen LogP contribution in [-0.4, -0.2) is 17.9 Å². The number of carbonyl (C=O) groups excluding carboxylic acids is 1. The number of H-pyrrole nitrogens is 1. The molecule has 18 heavy (non-hydrogen) atoms. The van der Waals surface area contributed by atoms with Gasteiger partial charge in [-0.1, -0.05) is 0 Å². The molecule has 1 aliphatic carbocycles. The molecule has 0 spiro atoms. The number of aryl methyl sites for hydroxylation is 2. The minimum absolute atomic E-state index is 0.239. The van der Waals surface area contributed by atoms with Gasteiger partial charge >= 0.3 is 0 Å². The Morgan fingerprint density at radius 3 is 2.72 bits per heavy atom. The fourth-order valence-electron chi connectivity index (χ4n) is 2.88. The second-order valence-corrected chi connectivity index (χ2v) is 5.01. The lowest BCUT2D eigenvalue weighted by Crippen LogP contribution is -2.09. The van der Waals surface area contributed by atoms with Crippen molar-refractivity contribution in [3.63, 3.8) is 0 Å². The summed E-state index contributed by atoms with van der Waals surface area (Å²) in [5.74, 6) is 1.14. The summed E-state index contributed by atoms with van der Waals surface area (Å²) in [4.78, 5) is 15.3. The average molecular weight is 243 g/mol. The fourth-order valence-corrected chi connectivity index (χ4v) is 2.88. The summed E-state index contributed by atoms with van der Waals surface area (Å²) in [5, 5.41) is 1.15. The molecule has 3 nitrogen and oxygen atoms in total. The zero-order valence-electron chi connectivity index (χ0n) is 11.0. The van der Waals surface area contributed by atoms with E-state index in [1.54, 1.807) is 7.11 Å². The van der Waals surface area contributed by atoms with Gasteiger partial charge < -0.3 is 9.72 Å². The largest absolute Gasteiger partial charge is 0.496 e. The summed E-state index contributed by atoms with van der Waals surface area (Å²) in [7, 11) is 1.69. The molecule has 0 saturated heterocycles. The molecule has 0 fully saturated rings. The first kappa shape index (κ1) is 11.3. The van der Waals surface area contributed by atoms with E-state index in [0.29, 0.717) is 6.42 Å². The molecule has 1 aliphatic rings. The minimum atomic E-state index is 0.239. The van der Waals surface area contributed by atoms with Crippen LogP contribution >= 0.6 is 0 Å². The number of aromatic amines is 1. The first-order valence-corrected chi connectivity index (χ1v) is 6.35. The molecule has 94 valence electrons. The van der Waals surface area contributed by atoms with Crippen LogP contribution in [0.1, 0.15) is 40.0 Å². The molecular weight excluding hydrogens is 226 g/mol. The zero-order valence-corrected chi connectivity index (χ0v) is 11.0. The molecule has 0 bridgehead atoms. The van der Waals surface area contributed by atoms with E-state index in [4.69, 9.17) is 4.74 Å². The predicted octanol–water partition coefficient (Wildman–Crippen LogP) is 3.31. The van der Waals surface area contributed by atoms with Crippen LogP contribution in [0, 0.1) is 13.8 Å². The Morgan fingerprint density at radius 1 is 1.22 bits per heavy atom. The number of rotatable bonds is 1. The number of fused-ring (bicyclic) bond motifs is 3. The van der Waals surface area contributed by atoms with Crippen molar-refractivity contribution in [2.75, 3.05) is 7.11 Å². The Bertz CT molecular complexity index is 652. The molecular formula is C15H17NO2. The number of carbonyl (C=O) groups is 1. The van der Waals surface area contributed by atoms with E-state index in [-0.39, 0.29) is 5.78 Å². The second-order valence-electron chi connectivity index (χ2n) is 5.01. The van der Waals surface area contributed by atoms with Gasteiger partial charge in [0.15, 0.2) is 5.78 Å². The number of Topliss-reactive ketones (excluding diaryl/α,β-unsaturated/α-hetero) is 1. The van der Waals surface area contributed by atoms with Crippen molar-refractivity contribution in [3.8, 4) is 5.75 Å². The number of hydrogen-bond donors (Lipinski definition) is 1. The zero-order chi connectivity index (χ0) is 12.9. The molecule has 3 rings (SSSR count). The van der Waals surface area contributed by atoms with E-state index in [0.717, 1.165) is 40.8 Å². The van der Waals surface area contributed by atoms with Crippen molar-refractivity contribution in [1.29, 1.82) is 0 Å². The quantitative estimate of drug-likeness (QED) is 0.834. The first-order valence-electron chi connectivity index (χ1n) is 6.35. The van der Waals surface area contributed by atoms with Crippen LogP contribution < -0.4 is 4.74 Å². The minimum Gasteiger partial charge on any atom is -0.496 e. The molecule has 0 unspecified atom stereocenters. The highest BCUT2D eigenvalue weighted by molar-refractivity contribution is 6.04. The Hall–Kier alpha value is -1.77. The second kappa shape index (κ2) is 3.87. The maximum absolute atomic E-state index is 11.9. The molecule has 1 aromatic heterocycles. The molecule has 0 atom stereocenters. The third-order valence-electron chi connectivity index (χ3n) is 4.06. The van der Waals surface area contributed by atoms with Crippen LogP contribution in [0.4, 0.5) is 0 Å². The van der Waals surface area contributed by atoms with Crippen LogP contribution in [0.5, 0.6) is 5.75 Å². The van der Waals surface area contributed by atoms with Crippen molar-refractivity contribution in [2.24, 2.45) is 0 Å². The number of hydrogen-bond acceptors (Lipinski definition) is 2. The van der Waals surface area contributed by atoms with Crippen LogP contribution in [0.25, 0.3) is 10.9 Å². The van der Waals surface area contributed by atoms with Gasteiger partial charge in [-0.2, -0.15) is 0 Å². The monoisotopic (exact) mass is 243 g/mol. The molecule has 3 heteroatoms. The van der Waals surface area contributed by atoms with E-state index in [2.05, 4.69) is 24.9 Å². The fraction of sp³-hybridized carbons (Fsp3) is 0.400. The Labute approximate surface area is 106 Å². The highest BCUT2D eigenvalue weighted by Crippen LogP contribution is 2.35. The average Bonchev–Trinajstić information content (AvgIpc) is 2.74. The lowest BCUT2D eigenvalue weighted by atomic mass is 9.93. The molecule has 1 aromatic carbocycles. The number of ketones is 1. The summed E-state index contributed by atoms with van der Waals surface area (Å²) in [6, 6.07) is 2.06. The highest BCUT2D eigenvalue weighted by Gasteiger charge is 2.23. The van der Waals surface area contributed by atoms with Gasteiger partial charge in [0.05, 0.1) is 12.8 Å². The van der Waals surface area contributed by atoms with E-state index < -0.39 is 0 Å². The van der Waals surface area contributed by atoms with Crippen molar-refractivity contribution < 1.29 is 9.53 Å². The first-order chi connectivity index (χ1) is 8.63. The van der Waals surface area contributed by atoms with Crippen LogP contribution in [0.2, 0.25) is 0 Å². The normalized spacial score (nSPS) is 14.9. The number of ether oxygens (including phenoxy) is 1. The molecule has 0 radical (unpaired) electrons. The smallest absolute Gasteiger partial charge is 0.179 e. The summed E-state index contributed by atoms with van der Waals surface area (Å²) in [6.07, 6.45) is 2.59. The highest BCUT2D eigenvalue weighted by atomic mass is 16.5. The summed E-state index contributed by atoms with van der Waals surface area (Å²) in [5.41, 5.74) is 5.38. The third-order valence-corrected chi connectivity index (χ3v) is 4.06. The molecule has 1 heterocycles. The lowest BCUT2D eigenvalue weighted by Gasteiger charge is -2.11. The van der Waals surface area contributed by atoms with Crippen molar-refractivity contribution in [3.05, 3.63) is 28.5 Å². The van der Waals surface area contributed by atoms with Crippen molar-refractivity contribution >= 4 is 16.7 Å². The molecule has 0 amide bonds. The van der Waals surface area contributed by atoms with Gasteiger partial charge in [-0.25, -0.2) is 0 Å². The molecule has 0 saturated carbocycles. The van der Waals surface area contributed by atoms with E-state index in [9.17, 15) is 4.79 Å². The topological polar surface area (TPSA) is 42.1 Å². The summed E-state index contributed by atoms with van der Waals surface area (Å²) < 4.78 is 5.42. The maximum atomic E-state index is 11.9. The number of aromatic nitrogens is 1. The Morgan fingerprint density at radius 2 is 2.00 bits per heavy atom. The SMILES string of the molecule is COc1cc2c3c([nH]c2c(C)c1C)C(=O)CCC3. The van der Waals surface area contributed by atoms with Crippen LogP contribution in [-0.2, 0) is 6.42 Å². The van der Waals surface area contributed by atoms with E-state index in [1.165, 1.54) is 11.1 Å². The van der Waals surface area contributed by atoms with Gasteiger partial charge in [-0.15, -0.1) is 0 Å². The molecule has 2 aromatic rings. The molecule has 0 aliphatic heterocycles. The van der Waals surface area contributed by atoms with E-state index >= 15 is 0 Å². The van der Waals surface area contributed by atoms with Gasteiger partial charge in [0.25, 0.3) is 0 Å². The van der Waals surface area contributed by atoms with Crippen LogP contribution in [0.15, 0.2) is 6.07 Å². The Balaban J connectivity index is 2.38. The summed E-state index contributed by atoms with van der Waals surface area (Å²) >= 11 is 0. The number of nitrogens with one attached hydrogen (secondary N) is 1. The van der Waals surface area contributed by atoms with E-state index in [1.807, 2.05) is 0 Å².